The molecule has 1 aliphatic carbocycles. The minimum absolute atomic E-state index is 0.0177. The predicted octanol–water partition coefficient (Wildman–Crippen LogP) is 3.12. The molecule has 1 fully saturated rings. The van der Waals surface area contributed by atoms with Crippen molar-refractivity contribution in [2.75, 3.05) is 5.88 Å². The smallest absolute Gasteiger partial charge is 0.327 e. The second-order valence-electron chi connectivity index (χ2n) is 3.59. The van der Waals surface area contributed by atoms with Crippen molar-refractivity contribution in [3.8, 4) is 0 Å². The summed E-state index contributed by atoms with van der Waals surface area (Å²) in [4.78, 5) is 11.1. The molecule has 1 saturated carbocycles. The lowest BCUT2D eigenvalue weighted by Crippen LogP contribution is -2.22. The predicted molar refractivity (Wildman–Crippen MR) is 52.7 cm³/mol. The molecule has 0 aliphatic heterocycles. The van der Waals surface area contributed by atoms with Crippen molar-refractivity contribution in [3.63, 3.8) is 0 Å². The van der Waals surface area contributed by atoms with E-state index in [2.05, 4.69) is 4.29 Å². The van der Waals surface area contributed by atoms with Crippen molar-refractivity contribution in [1.29, 1.82) is 0 Å². The summed E-state index contributed by atoms with van der Waals surface area (Å²) in [6, 6.07) is 0. The van der Waals surface area contributed by atoms with Crippen molar-refractivity contribution < 1.29 is 9.08 Å². The van der Waals surface area contributed by atoms with E-state index in [1.807, 2.05) is 0 Å². The van der Waals surface area contributed by atoms with E-state index < -0.39 is 0 Å². The highest BCUT2D eigenvalue weighted by Gasteiger charge is 2.26. The van der Waals surface area contributed by atoms with Crippen LogP contribution in [0, 0.1) is 11.8 Å². The summed E-state index contributed by atoms with van der Waals surface area (Å²) < 4.78 is 4.19. The van der Waals surface area contributed by atoms with Gasteiger partial charge in [0.2, 0.25) is 0 Å². The van der Waals surface area contributed by atoms with Gasteiger partial charge >= 0.3 is 5.97 Å². The third-order valence-corrected chi connectivity index (χ3v) is 3.14. The Bertz CT molecular complexity index is 165. The van der Waals surface area contributed by atoms with Crippen LogP contribution in [0.1, 0.15) is 32.1 Å². The second-order valence-corrected chi connectivity index (χ2v) is 4.12. The molecule has 0 aromatic carbocycles. The number of halogens is 2. The van der Waals surface area contributed by atoms with E-state index in [1.54, 1.807) is 0 Å². The summed E-state index contributed by atoms with van der Waals surface area (Å²) in [5, 5.41) is 0. The van der Waals surface area contributed by atoms with Crippen LogP contribution in [0.2, 0.25) is 0 Å². The highest BCUT2D eigenvalue weighted by atomic mass is 35.5. The molecule has 0 aromatic heterocycles. The molecule has 0 bridgehead atoms. The zero-order valence-electron chi connectivity index (χ0n) is 7.47. The van der Waals surface area contributed by atoms with Gasteiger partial charge in [-0.2, -0.15) is 0 Å². The van der Waals surface area contributed by atoms with E-state index in [9.17, 15) is 4.79 Å². The van der Waals surface area contributed by atoms with Crippen LogP contribution in [0.3, 0.4) is 0 Å². The zero-order chi connectivity index (χ0) is 9.68. The topological polar surface area (TPSA) is 26.3 Å². The Morgan fingerprint density at radius 1 is 1.31 bits per heavy atom. The van der Waals surface area contributed by atoms with Crippen LogP contribution in [0.4, 0.5) is 0 Å². The lowest BCUT2D eigenvalue weighted by atomic mass is 9.81. The molecule has 13 heavy (non-hydrogen) atoms. The van der Waals surface area contributed by atoms with Crippen molar-refractivity contribution >= 4 is 29.4 Å². The molecule has 4 heteroatoms. The number of rotatable bonds is 3. The van der Waals surface area contributed by atoms with Crippen LogP contribution in [-0.2, 0) is 9.08 Å². The number of carbonyl (C=O) groups is 1. The summed E-state index contributed by atoms with van der Waals surface area (Å²) in [5.74, 6) is 1.15. The molecular weight excluding hydrogens is 211 g/mol. The number of hydrogen-bond donors (Lipinski definition) is 0. The minimum atomic E-state index is -0.272. The van der Waals surface area contributed by atoms with Gasteiger partial charge in [-0.05, 0) is 38.0 Å². The molecule has 1 aliphatic rings. The van der Waals surface area contributed by atoms with Gasteiger partial charge in [0.1, 0.15) is 11.9 Å². The van der Waals surface area contributed by atoms with E-state index in [0.717, 1.165) is 38.0 Å². The molecule has 0 N–H and O–H groups in total. The number of hydrogen-bond acceptors (Lipinski definition) is 2. The maximum absolute atomic E-state index is 11.1. The fourth-order valence-electron chi connectivity index (χ4n) is 1.90. The lowest BCUT2D eigenvalue weighted by Gasteiger charge is -2.25. The van der Waals surface area contributed by atoms with Gasteiger partial charge in [0, 0.05) is 5.88 Å². The van der Waals surface area contributed by atoms with Gasteiger partial charge in [0.25, 0.3) is 0 Å². The van der Waals surface area contributed by atoms with Gasteiger partial charge in [-0.25, -0.2) is 0 Å². The first-order chi connectivity index (χ1) is 6.27. The van der Waals surface area contributed by atoms with Gasteiger partial charge in [0.05, 0.1) is 5.92 Å². The first-order valence-corrected chi connectivity index (χ1v) is 5.50. The fourth-order valence-corrected chi connectivity index (χ4v) is 2.34. The molecule has 0 saturated heterocycles. The van der Waals surface area contributed by atoms with Crippen LogP contribution in [-0.4, -0.2) is 11.8 Å². The van der Waals surface area contributed by atoms with Gasteiger partial charge in [0.15, 0.2) is 0 Å². The van der Waals surface area contributed by atoms with Gasteiger partial charge in [-0.15, -0.1) is 11.6 Å². The lowest BCUT2D eigenvalue weighted by molar-refractivity contribution is -0.139. The summed E-state index contributed by atoms with van der Waals surface area (Å²) in [7, 11) is 0. The Balaban J connectivity index is 2.26. The van der Waals surface area contributed by atoms with E-state index in [1.165, 1.54) is 0 Å². The molecule has 0 heterocycles. The maximum atomic E-state index is 11.1. The Morgan fingerprint density at radius 2 is 1.92 bits per heavy atom. The third kappa shape index (κ3) is 3.35. The number of carbonyl (C=O) groups excluding carboxylic acids is 1. The van der Waals surface area contributed by atoms with Crippen LogP contribution >= 0.6 is 23.5 Å². The molecule has 2 nitrogen and oxygen atoms in total. The molecule has 76 valence electrons. The van der Waals surface area contributed by atoms with Gasteiger partial charge < -0.3 is 4.29 Å². The van der Waals surface area contributed by atoms with Crippen molar-refractivity contribution in [2.45, 2.75) is 32.1 Å². The van der Waals surface area contributed by atoms with E-state index in [-0.39, 0.29) is 11.9 Å². The molecule has 0 unspecified atom stereocenters. The summed E-state index contributed by atoms with van der Waals surface area (Å²) in [5.41, 5.74) is 0. The summed E-state index contributed by atoms with van der Waals surface area (Å²) in [6.45, 7) is 0. The first kappa shape index (κ1) is 11.1. The third-order valence-electron chi connectivity index (χ3n) is 2.77. The molecule has 0 radical (unpaired) electrons. The van der Waals surface area contributed by atoms with Crippen LogP contribution in [0.25, 0.3) is 0 Å². The van der Waals surface area contributed by atoms with Crippen LogP contribution < -0.4 is 0 Å². The quantitative estimate of drug-likeness (QED) is 0.689. The molecule has 1 rings (SSSR count). The molecule has 0 atom stereocenters. The largest absolute Gasteiger partial charge is 0.347 e. The van der Waals surface area contributed by atoms with E-state index in [4.69, 9.17) is 23.5 Å². The Hall–Kier alpha value is 0.0500. The molecule has 0 aromatic rings. The normalized spacial score (nSPS) is 28.5. The molecular formula is C9H14Cl2O2. The van der Waals surface area contributed by atoms with E-state index >= 15 is 0 Å². The average molecular weight is 225 g/mol. The summed E-state index contributed by atoms with van der Waals surface area (Å²) in [6.07, 6.45) is 5.00. The Kier molecular flexibility index (Phi) is 4.89. The Labute approximate surface area is 88.7 Å². The highest BCUT2D eigenvalue weighted by molar-refractivity contribution is 6.17. The van der Waals surface area contributed by atoms with Gasteiger partial charge in [-0.3, -0.25) is 4.79 Å². The zero-order valence-corrected chi connectivity index (χ0v) is 8.98. The van der Waals surface area contributed by atoms with E-state index in [0.29, 0.717) is 5.92 Å². The van der Waals surface area contributed by atoms with Gasteiger partial charge in [-0.1, -0.05) is 0 Å². The summed E-state index contributed by atoms with van der Waals surface area (Å²) >= 11 is 10.7. The standard InChI is InChI=1S/C9H14Cl2O2/c10-6-5-7-1-3-8(4-2-7)9(12)13-11/h7-8H,1-6H2. The maximum Gasteiger partial charge on any atom is 0.327 e. The van der Waals surface area contributed by atoms with Crippen LogP contribution in [0.5, 0.6) is 0 Å². The highest BCUT2D eigenvalue weighted by Crippen LogP contribution is 2.31. The number of alkyl halides is 1. The monoisotopic (exact) mass is 224 g/mol. The molecule has 0 spiro atoms. The average Bonchev–Trinajstić information content (AvgIpc) is 2.18. The van der Waals surface area contributed by atoms with Crippen LogP contribution in [0.15, 0.2) is 0 Å². The van der Waals surface area contributed by atoms with Crippen molar-refractivity contribution in [3.05, 3.63) is 0 Å². The minimum Gasteiger partial charge on any atom is -0.347 e. The Morgan fingerprint density at radius 3 is 2.38 bits per heavy atom. The SMILES string of the molecule is O=C(OCl)C1CCC(CCCl)CC1. The second kappa shape index (κ2) is 5.71. The fraction of sp³-hybridized carbons (Fsp3) is 0.889. The molecule has 0 amide bonds. The van der Waals surface area contributed by atoms with Crippen molar-refractivity contribution in [2.24, 2.45) is 11.8 Å². The van der Waals surface area contributed by atoms with Crippen molar-refractivity contribution in [1.82, 2.24) is 0 Å². The first-order valence-electron chi connectivity index (χ1n) is 4.66.